The fourth-order valence-electron chi connectivity index (χ4n) is 3.12. The van der Waals surface area contributed by atoms with Gasteiger partial charge in [-0.25, -0.2) is 14.2 Å². The standard InChI is InChI=1S/C24H19ClFN3O4/c1-13(23(30)27-16-6-9-19(26)18(25)12-16)33-24(31)15-5-10-20-21(11-15)29-22(28-20)14-3-7-17(32-2)8-4-14/h3-13H,1-2H3,(H,27,30)(H,28,29). The molecule has 4 rings (SSSR count). The molecule has 1 unspecified atom stereocenters. The van der Waals surface area contributed by atoms with E-state index in [1.165, 1.54) is 19.1 Å². The first-order chi connectivity index (χ1) is 15.8. The zero-order valence-corrected chi connectivity index (χ0v) is 18.4. The molecule has 0 spiro atoms. The van der Waals surface area contributed by atoms with Crippen molar-refractivity contribution in [1.82, 2.24) is 9.97 Å². The minimum absolute atomic E-state index is 0.126. The van der Waals surface area contributed by atoms with Gasteiger partial charge >= 0.3 is 5.97 Å². The average Bonchev–Trinajstić information content (AvgIpc) is 3.25. The number of hydrogen-bond acceptors (Lipinski definition) is 5. The van der Waals surface area contributed by atoms with Crippen LogP contribution in [0.4, 0.5) is 10.1 Å². The number of ether oxygens (including phenoxy) is 2. The number of nitrogens with one attached hydrogen (secondary N) is 2. The molecule has 0 radical (unpaired) electrons. The molecule has 0 aliphatic rings. The monoisotopic (exact) mass is 467 g/mol. The van der Waals surface area contributed by atoms with Crippen molar-refractivity contribution in [3.05, 3.63) is 77.1 Å². The van der Waals surface area contributed by atoms with E-state index in [0.717, 1.165) is 17.4 Å². The number of halogens is 2. The number of carbonyl (C=O) groups is 2. The summed E-state index contributed by atoms with van der Waals surface area (Å²) in [5, 5.41) is 2.41. The summed E-state index contributed by atoms with van der Waals surface area (Å²) in [7, 11) is 1.60. The van der Waals surface area contributed by atoms with Crippen molar-refractivity contribution in [3.63, 3.8) is 0 Å². The summed E-state index contributed by atoms with van der Waals surface area (Å²) in [5.74, 6) is -0.462. The number of fused-ring (bicyclic) bond motifs is 1. The summed E-state index contributed by atoms with van der Waals surface area (Å²) in [6.45, 7) is 1.44. The van der Waals surface area contributed by atoms with Crippen LogP contribution in [-0.4, -0.2) is 35.1 Å². The van der Waals surface area contributed by atoms with E-state index in [0.29, 0.717) is 22.5 Å². The van der Waals surface area contributed by atoms with Crippen LogP contribution in [0.15, 0.2) is 60.7 Å². The molecule has 0 aliphatic heterocycles. The number of anilines is 1. The van der Waals surface area contributed by atoms with Crippen molar-refractivity contribution in [1.29, 1.82) is 0 Å². The molecular formula is C24H19ClFN3O4. The number of esters is 1. The Morgan fingerprint density at radius 1 is 1.09 bits per heavy atom. The number of hydrogen-bond donors (Lipinski definition) is 2. The molecule has 9 heteroatoms. The van der Waals surface area contributed by atoms with Gasteiger partial charge in [0.2, 0.25) is 0 Å². The van der Waals surface area contributed by atoms with Gasteiger partial charge in [-0.15, -0.1) is 0 Å². The zero-order valence-electron chi connectivity index (χ0n) is 17.7. The zero-order chi connectivity index (χ0) is 23.5. The molecule has 0 fully saturated rings. The quantitative estimate of drug-likeness (QED) is 0.379. The SMILES string of the molecule is COc1ccc(-c2nc3ccc(C(=O)OC(C)C(=O)Nc4ccc(F)c(Cl)c4)cc3[nH]2)cc1. The molecule has 1 amide bonds. The van der Waals surface area contributed by atoms with Crippen LogP contribution in [0.2, 0.25) is 5.02 Å². The topological polar surface area (TPSA) is 93.3 Å². The van der Waals surface area contributed by atoms with Crippen LogP contribution in [0.25, 0.3) is 22.4 Å². The lowest BCUT2D eigenvalue weighted by Gasteiger charge is -2.14. The van der Waals surface area contributed by atoms with Gasteiger partial charge in [0.05, 0.1) is 28.7 Å². The fraction of sp³-hybridized carbons (Fsp3) is 0.125. The number of benzene rings is 3. The summed E-state index contributed by atoms with van der Waals surface area (Å²) < 4.78 is 23.7. The molecule has 0 saturated heterocycles. The van der Waals surface area contributed by atoms with Gasteiger partial charge in [0, 0.05) is 11.3 Å². The van der Waals surface area contributed by atoms with Crippen molar-refractivity contribution < 1.29 is 23.5 Å². The Morgan fingerprint density at radius 2 is 1.85 bits per heavy atom. The Hall–Kier alpha value is -3.91. The van der Waals surface area contributed by atoms with Crippen molar-refractivity contribution in [3.8, 4) is 17.1 Å². The normalized spacial score (nSPS) is 11.8. The highest BCUT2D eigenvalue weighted by Gasteiger charge is 2.20. The number of methoxy groups -OCH3 is 1. The van der Waals surface area contributed by atoms with Crippen molar-refractivity contribution in [2.24, 2.45) is 0 Å². The number of aromatic amines is 1. The number of amides is 1. The van der Waals surface area contributed by atoms with E-state index < -0.39 is 23.8 Å². The van der Waals surface area contributed by atoms with E-state index >= 15 is 0 Å². The first-order valence-electron chi connectivity index (χ1n) is 9.95. The lowest BCUT2D eigenvalue weighted by molar-refractivity contribution is -0.123. The molecule has 0 aliphatic carbocycles. The Morgan fingerprint density at radius 3 is 2.55 bits per heavy atom. The number of H-pyrrole nitrogens is 1. The van der Waals surface area contributed by atoms with Crippen LogP contribution >= 0.6 is 11.6 Å². The fourth-order valence-corrected chi connectivity index (χ4v) is 3.30. The van der Waals surface area contributed by atoms with E-state index in [1.54, 1.807) is 25.3 Å². The lowest BCUT2D eigenvalue weighted by atomic mass is 10.2. The second kappa shape index (κ2) is 9.30. The minimum Gasteiger partial charge on any atom is -0.497 e. The molecule has 3 aromatic carbocycles. The maximum absolute atomic E-state index is 13.3. The number of imidazole rings is 1. The van der Waals surface area contributed by atoms with Crippen molar-refractivity contribution >= 4 is 40.2 Å². The number of aromatic nitrogens is 2. The third kappa shape index (κ3) is 4.96. The molecule has 33 heavy (non-hydrogen) atoms. The van der Waals surface area contributed by atoms with Crippen molar-refractivity contribution in [2.75, 3.05) is 12.4 Å². The summed E-state index contributed by atoms with van der Waals surface area (Å²) in [6, 6.07) is 16.1. The molecule has 1 heterocycles. The van der Waals surface area contributed by atoms with Gasteiger partial charge in [0.25, 0.3) is 5.91 Å². The maximum atomic E-state index is 13.3. The van der Waals surface area contributed by atoms with E-state index in [2.05, 4.69) is 15.3 Å². The molecule has 1 aromatic heterocycles. The van der Waals surface area contributed by atoms with Crippen LogP contribution < -0.4 is 10.1 Å². The average molecular weight is 468 g/mol. The molecule has 7 nitrogen and oxygen atoms in total. The van der Waals surface area contributed by atoms with Crippen LogP contribution in [-0.2, 0) is 9.53 Å². The molecule has 4 aromatic rings. The molecule has 1 atom stereocenters. The van der Waals surface area contributed by atoms with Crippen LogP contribution in [0.1, 0.15) is 17.3 Å². The summed E-state index contributed by atoms with van der Waals surface area (Å²) in [4.78, 5) is 32.6. The summed E-state index contributed by atoms with van der Waals surface area (Å²) >= 11 is 5.72. The molecule has 0 bridgehead atoms. The third-order valence-electron chi connectivity index (χ3n) is 4.92. The van der Waals surface area contributed by atoms with Gasteiger partial charge in [-0.1, -0.05) is 11.6 Å². The van der Waals surface area contributed by atoms with Gasteiger partial charge in [-0.2, -0.15) is 0 Å². The van der Waals surface area contributed by atoms with Gasteiger partial charge in [-0.05, 0) is 67.6 Å². The van der Waals surface area contributed by atoms with Gasteiger partial charge in [0.1, 0.15) is 17.4 Å². The Bertz CT molecular complexity index is 1340. The third-order valence-corrected chi connectivity index (χ3v) is 5.21. The molecule has 168 valence electrons. The summed E-state index contributed by atoms with van der Waals surface area (Å²) in [6.07, 6.45) is -1.09. The Balaban J connectivity index is 1.45. The second-order valence-electron chi connectivity index (χ2n) is 7.21. The van der Waals surface area contributed by atoms with E-state index in [9.17, 15) is 14.0 Å². The Labute approximate surface area is 193 Å². The van der Waals surface area contributed by atoms with Crippen LogP contribution in [0, 0.1) is 5.82 Å². The first-order valence-corrected chi connectivity index (χ1v) is 10.3. The number of rotatable bonds is 6. The van der Waals surface area contributed by atoms with Gasteiger partial charge < -0.3 is 19.8 Å². The van der Waals surface area contributed by atoms with Crippen LogP contribution in [0.5, 0.6) is 5.75 Å². The number of carbonyl (C=O) groups excluding carboxylic acids is 2. The van der Waals surface area contributed by atoms with Crippen molar-refractivity contribution in [2.45, 2.75) is 13.0 Å². The predicted molar refractivity (Wildman–Crippen MR) is 123 cm³/mol. The number of nitrogens with zero attached hydrogens (tertiary/aromatic N) is 1. The predicted octanol–water partition coefficient (Wildman–Crippen LogP) is 5.22. The first kappa shape index (κ1) is 22.3. The smallest absolute Gasteiger partial charge is 0.338 e. The second-order valence-corrected chi connectivity index (χ2v) is 7.62. The maximum Gasteiger partial charge on any atom is 0.338 e. The Kier molecular flexibility index (Phi) is 6.28. The highest BCUT2D eigenvalue weighted by molar-refractivity contribution is 6.31. The molecular weight excluding hydrogens is 449 g/mol. The van der Waals surface area contributed by atoms with Crippen LogP contribution in [0.3, 0.4) is 0 Å². The minimum atomic E-state index is -1.09. The highest BCUT2D eigenvalue weighted by Crippen LogP contribution is 2.24. The molecule has 0 saturated carbocycles. The van der Waals surface area contributed by atoms with E-state index in [4.69, 9.17) is 21.1 Å². The van der Waals surface area contributed by atoms with Gasteiger partial charge in [0.15, 0.2) is 6.10 Å². The van der Waals surface area contributed by atoms with E-state index in [1.807, 2.05) is 24.3 Å². The highest BCUT2D eigenvalue weighted by atomic mass is 35.5. The largest absolute Gasteiger partial charge is 0.497 e. The molecule has 2 N–H and O–H groups in total. The lowest BCUT2D eigenvalue weighted by Crippen LogP contribution is -2.30. The summed E-state index contributed by atoms with van der Waals surface area (Å²) in [5.41, 5.74) is 2.74. The van der Waals surface area contributed by atoms with Gasteiger partial charge in [-0.3, -0.25) is 4.79 Å². The van der Waals surface area contributed by atoms with E-state index in [-0.39, 0.29) is 10.6 Å².